The van der Waals surface area contributed by atoms with Crippen LogP contribution in [0.25, 0.3) is 0 Å². The lowest BCUT2D eigenvalue weighted by atomic mass is 10.3. The van der Waals surface area contributed by atoms with Crippen molar-refractivity contribution in [2.24, 2.45) is 0 Å². The molecule has 0 aliphatic carbocycles. The van der Waals surface area contributed by atoms with Gasteiger partial charge in [0.1, 0.15) is 0 Å². The van der Waals surface area contributed by atoms with Crippen LogP contribution in [0, 0.1) is 5.82 Å². The Hall–Kier alpha value is -2.01. The van der Waals surface area contributed by atoms with Crippen molar-refractivity contribution in [3.05, 3.63) is 41.2 Å². The zero-order chi connectivity index (χ0) is 13.8. The molecule has 0 amide bonds. The van der Waals surface area contributed by atoms with Crippen molar-refractivity contribution >= 4 is 17.3 Å². The first-order chi connectivity index (χ1) is 9.11. The number of benzene rings is 1. The Morgan fingerprint density at radius 2 is 2.11 bits per heavy atom. The second-order valence-corrected chi connectivity index (χ2v) is 4.04. The van der Waals surface area contributed by atoms with Crippen molar-refractivity contribution in [2.45, 2.75) is 6.92 Å². The highest BCUT2D eigenvalue weighted by atomic mass is 35.5. The molecule has 0 spiro atoms. The van der Waals surface area contributed by atoms with Crippen LogP contribution in [0.2, 0.25) is 5.02 Å². The molecule has 0 fully saturated rings. The minimum Gasteiger partial charge on any atom is -0.476 e. The molecular formula is C13H12ClFN2O2. The van der Waals surface area contributed by atoms with Crippen LogP contribution >= 0.6 is 11.6 Å². The van der Waals surface area contributed by atoms with Crippen molar-refractivity contribution < 1.29 is 13.9 Å². The molecule has 19 heavy (non-hydrogen) atoms. The molecule has 100 valence electrons. The molecule has 0 saturated heterocycles. The molecule has 6 heteroatoms. The highest BCUT2D eigenvalue weighted by Gasteiger charge is 2.10. The second-order valence-electron chi connectivity index (χ2n) is 3.63. The molecule has 0 radical (unpaired) electrons. The summed E-state index contributed by atoms with van der Waals surface area (Å²) >= 11 is 5.67. The molecular weight excluding hydrogens is 271 g/mol. The Balaban J connectivity index is 2.28. The van der Waals surface area contributed by atoms with E-state index in [0.29, 0.717) is 12.3 Å². The number of ether oxygens (including phenoxy) is 2. The molecule has 0 unspecified atom stereocenters. The Morgan fingerprint density at radius 1 is 1.32 bits per heavy atom. The Bertz CT molecular complexity index is 593. The number of hydrogen-bond donors (Lipinski definition) is 1. The van der Waals surface area contributed by atoms with Crippen LogP contribution in [-0.2, 0) is 0 Å². The number of nitrogens with zero attached hydrogens (tertiary/aromatic N) is 1. The van der Waals surface area contributed by atoms with Crippen molar-refractivity contribution in [3.63, 3.8) is 0 Å². The van der Waals surface area contributed by atoms with Crippen LogP contribution in [0.4, 0.5) is 10.1 Å². The van der Waals surface area contributed by atoms with E-state index in [2.05, 4.69) is 4.98 Å². The van der Waals surface area contributed by atoms with Gasteiger partial charge in [0.05, 0.1) is 17.3 Å². The highest BCUT2D eigenvalue weighted by Crippen LogP contribution is 2.30. The standard InChI is InChI=1S/C13H12ClFN2O2/c1-2-18-13-9(16)6-7-11(17-13)19-10-5-3-4-8(14)12(10)15/h3-7H,2,16H2,1H3. The topological polar surface area (TPSA) is 57.4 Å². The van der Waals surface area contributed by atoms with Gasteiger partial charge in [-0.2, -0.15) is 4.98 Å². The van der Waals surface area contributed by atoms with Gasteiger partial charge in [-0.05, 0) is 25.1 Å². The normalized spacial score (nSPS) is 10.3. The molecule has 0 bridgehead atoms. The minimum absolute atomic E-state index is 0.00720. The third-order valence-corrected chi connectivity index (χ3v) is 2.57. The lowest BCUT2D eigenvalue weighted by molar-refractivity contribution is 0.322. The summed E-state index contributed by atoms with van der Waals surface area (Å²) in [5.74, 6) is -0.214. The fourth-order valence-electron chi connectivity index (χ4n) is 1.42. The molecule has 0 atom stereocenters. The lowest BCUT2D eigenvalue weighted by Gasteiger charge is -2.09. The Labute approximate surface area is 114 Å². The fraction of sp³-hybridized carbons (Fsp3) is 0.154. The van der Waals surface area contributed by atoms with Crippen molar-refractivity contribution in [2.75, 3.05) is 12.3 Å². The quantitative estimate of drug-likeness (QED) is 0.930. The number of nitrogen functional groups attached to an aromatic ring is 1. The molecule has 2 N–H and O–H groups in total. The highest BCUT2D eigenvalue weighted by molar-refractivity contribution is 6.30. The maximum Gasteiger partial charge on any atom is 0.240 e. The number of aromatic nitrogens is 1. The summed E-state index contributed by atoms with van der Waals surface area (Å²) in [6.07, 6.45) is 0. The Kier molecular flexibility index (Phi) is 4.06. The van der Waals surface area contributed by atoms with E-state index in [-0.39, 0.29) is 22.5 Å². The summed E-state index contributed by atoms with van der Waals surface area (Å²) in [6.45, 7) is 2.23. The average molecular weight is 283 g/mol. The summed E-state index contributed by atoms with van der Waals surface area (Å²) in [5.41, 5.74) is 6.07. The zero-order valence-corrected chi connectivity index (χ0v) is 10.9. The summed E-state index contributed by atoms with van der Waals surface area (Å²) in [4.78, 5) is 4.05. The first-order valence-electron chi connectivity index (χ1n) is 5.63. The van der Waals surface area contributed by atoms with Crippen LogP contribution in [0.5, 0.6) is 17.5 Å². The van der Waals surface area contributed by atoms with E-state index in [1.165, 1.54) is 18.2 Å². The third-order valence-electron chi connectivity index (χ3n) is 2.28. The van der Waals surface area contributed by atoms with E-state index in [0.717, 1.165) is 0 Å². The third kappa shape index (κ3) is 3.06. The predicted octanol–water partition coefficient (Wildman–Crippen LogP) is 3.65. The van der Waals surface area contributed by atoms with Gasteiger partial charge in [0, 0.05) is 6.07 Å². The maximum atomic E-state index is 13.7. The van der Waals surface area contributed by atoms with Crippen LogP contribution in [-0.4, -0.2) is 11.6 Å². The second kappa shape index (κ2) is 5.75. The van der Waals surface area contributed by atoms with Crippen LogP contribution in [0.15, 0.2) is 30.3 Å². The van der Waals surface area contributed by atoms with E-state index in [1.54, 1.807) is 12.1 Å². The van der Waals surface area contributed by atoms with Gasteiger partial charge in [-0.1, -0.05) is 17.7 Å². The summed E-state index contributed by atoms with van der Waals surface area (Å²) in [5, 5.41) is -0.0158. The van der Waals surface area contributed by atoms with Crippen LogP contribution in [0.3, 0.4) is 0 Å². The van der Waals surface area contributed by atoms with Gasteiger partial charge >= 0.3 is 0 Å². The molecule has 0 saturated carbocycles. The van der Waals surface area contributed by atoms with Gasteiger partial charge in [0.2, 0.25) is 11.8 Å². The summed E-state index contributed by atoms with van der Waals surface area (Å²) in [7, 11) is 0. The monoisotopic (exact) mass is 282 g/mol. The molecule has 4 nitrogen and oxygen atoms in total. The first kappa shape index (κ1) is 13.4. The molecule has 2 aromatic rings. The molecule has 0 aliphatic rings. The van der Waals surface area contributed by atoms with Crippen molar-refractivity contribution in [3.8, 4) is 17.5 Å². The van der Waals surface area contributed by atoms with Gasteiger partial charge < -0.3 is 15.2 Å². The number of hydrogen-bond acceptors (Lipinski definition) is 4. The fourth-order valence-corrected chi connectivity index (χ4v) is 1.58. The Morgan fingerprint density at radius 3 is 2.84 bits per heavy atom. The first-order valence-corrected chi connectivity index (χ1v) is 6.00. The number of rotatable bonds is 4. The van der Waals surface area contributed by atoms with E-state index in [4.69, 9.17) is 26.8 Å². The number of nitrogens with two attached hydrogens (primary N) is 1. The van der Waals surface area contributed by atoms with Crippen molar-refractivity contribution in [1.29, 1.82) is 0 Å². The van der Waals surface area contributed by atoms with Gasteiger partial charge in [0.25, 0.3) is 0 Å². The van der Waals surface area contributed by atoms with Gasteiger partial charge in [-0.3, -0.25) is 0 Å². The van der Waals surface area contributed by atoms with Gasteiger partial charge in [0.15, 0.2) is 11.6 Å². The predicted molar refractivity (Wildman–Crippen MR) is 71.3 cm³/mol. The van der Waals surface area contributed by atoms with Gasteiger partial charge in [-0.25, -0.2) is 4.39 Å². The smallest absolute Gasteiger partial charge is 0.240 e. The van der Waals surface area contributed by atoms with Crippen molar-refractivity contribution in [1.82, 2.24) is 4.98 Å². The molecule has 0 aliphatic heterocycles. The zero-order valence-electron chi connectivity index (χ0n) is 10.2. The number of anilines is 1. The largest absolute Gasteiger partial charge is 0.476 e. The minimum atomic E-state index is -0.638. The molecule has 1 aromatic heterocycles. The molecule has 1 aromatic carbocycles. The van der Waals surface area contributed by atoms with E-state index < -0.39 is 5.82 Å². The average Bonchev–Trinajstić information content (AvgIpc) is 2.39. The number of halogens is 2. The molecule has 2 rings (SSSR count). The van der Waals surface area contributed by atoms with Crippen LogP contribution < -0.4 is 15.2 Å². The number of pyridine rings is 1. The SMILES string of the molecule is CCOc1nc(Oc2cccc(Cl)c2F)ccc1N. The van der Waals surface area contributed by atoms with Crippen LogP contribution in [0.1, 0.15) is 6.92 Å². The van der Waals surface area contributed by atoms with E-state index in [1.807, 2.05) is 6.92 Å². The lowest BCUT2D eigenvalue weighted by Crippen LogP contribution is -2.00. The summed E-state index contributed by atoms with van der Waals surface area (Å²) in [6, 6.07) is 7.58. The summed E-state index contributed by atoms with van der Waals surface area (Å²) < 4.78 is 24.2. The van der Waals surface area contributed by atoms with E-state index >= 15 is 0 Å². The maximum absolute atomic E-state index is 13.7. The van der Waals surface area contributed by atoms with E-state index in [9.17, 15) is 4.39 Å². The molecule has 1 heterocycles. The van der Waals surface area contributed by atoms with Gasteiger partial charge in [-0.15, -0.1) is 0 Å².